The number of rotatable bonds is 4. The third kappa shape index (κ3) is 2.89. The average Bonchev–Trinajstić information content (AvgIpc) is 2.90. The van der Waals surface area contributed by atoms with Crippen LogP contribution in [0.4, 0.5) is 0 Å². The fourth-order valence-electron chi connectivity index (χ4n) is 1.36. The highest BCUT2D eigenvalue weighted by atomic mass is 35.5. The highest BCUT2D eigenvalue weighted by Crippen LogP contribution is 2.23. The monoisotopic (exact) mass is 277 g/mol. The van der Waals surface area contributed by atoms with Crippen LogP contribution in [0.2, 0.25) is 5.02 Å². The first-order chi connectivity index (χ1) is 8.70. The van der Waals surface area contributed by atoms with E-state index in [-0.39, 0.29) is 12.4 Å². The minimum atomic E-state index is -0.117. The van der Waals surface area contributed by atoms with Crippen molar-refractivity contribution in [1.82, 2.24) is 0 Å². The summed E-state index contributed by atoms with van der Waals surface area (Å²) >= 11 is 7.18. The predicted molar refractivity (Wildman–Crippen MR) is 70.3 cm³/mol. The molecule has 0 bridgehead atoms. The number of benzene rings is 1. The van der Waals surface area contributed by atoms with Gasteiger partial charge in [0.2, 0.25) is 5.78 Å². The van der Waals surface area contributed by atoms with Crippen molar-refractivity contribution in [2.75, 3.05) is 6.61 Å². The van der Waals surface area contributed by atoms with Crippen molar-refractivity contribution in [3.63, 3.8) is 0 Å². The number of nitrogens with zero attached hydrogens (tertiary/aromatic N) is 1. The molecule has 0 unspecified atom stereocenters. The van der Waals surface area contributed by atoms with Gasteiger partial charge in [-0.05, 0) is 23.6 Å². The van der Waals surface area contributed by atoms with Crippen LogP contribution in [0.3, 0.4) is 0 Å². The minimum Gasteiger partial charge on any atom is -0.484 e. The Morgan fingerprint density at radius 3 is 2.94 bits per heavy atom. The Morgan fingerprint density at radius 2 is 2.28 bits per heavy atom. The lowest BCUT2D eigenvalue weighted by atomic mass is 10.2. The van der Waals surface area contributed by atoms with Crippen molar-refractivity contribution in [2.24, 2.45) is 0 Å². The molecular weight excluding hydrogens is 270 g/mol. The lowest BCUT2D eigenvalue weighted by Gasteiger charge is -2.06. The van der Waals surface area contributed by atoms with E-state index < -0.39 is 0 Å². The number of thiophene rings is 1. The van der Waals surface area contributed by atoms with Gasteiger partial charge < -0.3 is 4.74 Å². The van der Waals surface area contributed by atoms with Gasteiger partial charge in [-0.2, -0.15) is 5.26 Å². The molecule has 1 aromatic carbocycles. The summed E-state index contributed by atoms with van der Waals surface area (Å²) in [5, 5.41) is 11.2. The van der Waals surface area contributed by atoms with Crippen molar-refractivity contribution >= 4 is 28.7 Å². The van der Waals surface area contributed by atoms with Crippen LogP contribution < -0.4 is 4.74 Å². The fraction of sp³-hybridized carbons (Fsp3) is 0.0769. The molecule has 0 saturated heterocycles. The Hall–Kier alpha value is -1.83. The van der Waals surface area contributed by atoms with E-state index in [1.54, 1.807) is 24.3 Å². The van der Waals surface area contributed by atoms with Gasteiger partial charge in [-0.1, -0.05) is 17.7 Å². The summed E-state index contributed by atoms with van der Waals surface area (Å²) in [6.45, 7) is -0.102. The van der Waals surface area contributed by atoms with Gasteiger partial charge in [-0.15, -0.1) is 11.3 Å². The number of hydrogen-bond acceptors (Lipinski definition) is 4. The minimum absolute atomic E-state index is 0.102. The fourth-order valence-corrected chi connectivity index (χ4v) is 2.17. The largest absolute Gasteiger partial charge is 0.484 e. The van der Waals surface area contributed by atoms with E-state index in [1.807, 2.05) is 11.4 Å². The lowest BCUT2D eigenvalue weighted by molar-refractivity contribution is 0.0925. The van der Waals surface area contributed by atoms with Crippen molar-refractivity contribution in [3.05, 3.63) is 51.2 Å². The summed E-state index contributed by atoms with van der Waals surface area (Å²) in [5.41, 5.74) is 0.360. The number of halogens is 1. The Bertz CT molecular complexity index is 602. The number of nitriles is 1. The molecule has 0 radical (unpaired) electrons. The molecule has 18 heavy (non-hydrogen) atoms. The quantitative estimate of drug-likeness (QED) is 0.803. The van der Waals surface area contributed by atoms with E-state index in [0.29, 0.717) is 21.2 Å². The predicted octanol–water partition coefficient (Wildman–Crippen LogP) is 3.53. The summed E-state index contributed by atoms with van der Waals surface area (Å²) in [6.07, 6.45) is 0. The molecule has 5 heteroatoms. The molecule has 0 aliphatic rings. The number of ether oxygens (including phenoxy) is 1. The van der Waals surface area contributed by atoms with E-state index in [9.17, 15) is 4.79 Å². The van der Waals surface area contributed by atoms with Gasteiger partial charge in [0.15, 0.2) is 6.61 Å². The third-order valence-electron chi connectivity index (χ3n) is 2.22. The molecule has 0 N–H and O–H groups in total. The first kappa shape index (κ1) is 12.6. The summed E-state index contributed by atoms with van der Waals surface area (Å²) in [4.78, 5) is 12.4. The Labute approximate surface area is 113 Å². The molecular formula is C13H8ClNO2S. The summed E-state index contributed by atoms with van der Waals surface area (Å²) in [5.74, 6) is 0.212. The molecule has 0 atom stereocenters. The van der Waals surface area contributed by atoms with Crippen LogP contribution >= 0.6 is 22.9 Å². The standard InChI is InChI=1S/C13H8ClNO2S/c14-10-4-3-9(7-15)12(6-10)17-8-11(16)13-2-1-5-18-13/h1-6H,8H2. The van der Waals surface area contributed by atoms with Crippen LogP contribution in [-0.4, -0.2) is 12.4 Å². The lowest BCUT2D eigenvalue weighted by Crippen LogP contribution is -2.10. The van der Waals surface area contributed by atoms with Crippen LogP contribution in [0, 0.1) is 11.3 Å². The molecule has 0 saturated carbocycles. The molecule has 0 fully saturated rings. The molecule has 1 aromatic heterocycles. The van der Waals surface area contributed by atoms with Crippen LogP contribution in [0.5, 0.6) is 5.75 Å². The van der Waals surface area contributed by atoms with Crippen molar-refractivity contribution in [2.45, 2.75) is 0 Å². The Morgan fingerprint density at radius 1 is 1.44 bits per heavy atom. The number of ketones is 1. The second-order valence-corrected chi connectivity index (χ2v) is 4.83. The molecule has 90 valence electrons. The maximum absolute atomic E-state index is 11.7. The maximum Gasteiger partial charge on any atom is 0.210 e. The van der Waals surface area contributed by atoms with Crippen molar-refractivity contribution in [3.8, 4) is 11.8 Å². The topological polar surface area (TPSA) is 50.1 Å². The number of Topliss-reactive ketones (excluding diaryl/α,β-unsaturated/α-hetero) is 1. The molecule has 0 aliphatic carbocycles. The zero-order valence-corrected chi connectivity index (χ0v) is 10.8. The Balaban J connectivity index is 2.09. The van der Waals surface area contributed by atoms with E-state index in [2.05, 4.69) is 0 Å². The molecule has 2 aromatic rings. The normalized spacial score (nSPS) is 9.78. The second-order valence-electron chi connectivity index (χ2n) is 3.44. The van der Waals surface area contributed by atoms with Gasteiger partial charge in [-0.3, -0.25) is 4.79 Å². The highest BCUT2D eigenvalue weighted by Gasteiger charge is 2.10. The first-order valence-electron chi connectivity index (χ1n) is 5.10. The van der Waals surface area contributed by atoms with Crippen LogP contribution in [0.1, 0.15) is 15.2 Å². The number of hydrogen-bond donors (Lipinski definition) is 0. The number of carbonyl (C=O) groups is 1. The van der Waals surface area contributed by atoms with E-state index in [1.165, 1.54) is 17.4 Å². The van der Waals surface area contributed by atoms with E-state index in [0.717, 1.165) is 0 Å². The highest BCUT2D eigenvalue weighted by molar-refractivity contribution is 7.12. The van der Waals surface area contributed by atoms with Gasteiger partial charge in [0, 0.05) is 11.1 Å². The first-order valence-corrected chi connectivity index (χ1v) is 6.35. The van der Waals surface area contributed by atoms with Gasteiger partial charge in [-0.25, -0.2) is 0 Å². The molecule has 0 aliphatic heterocycles. The summed E-state index contributed by atoms with van der Waals surface area (Å²) < 4.78 is 5.34. The molecule has 1 heterocycles. The van der Waals surface area contributed by atoms with Crippen LogP contribution in [-0.2, 0) is 0 Å². The van der Waals surface area contributed by atoms with Crippen LogP contribution in [0.15, 0.2) is 35.7 Å². The molecule has 0 spiro atoms. The van der Waals surface area contributed by atoms with Crippen molar-refractivity contribution in [1.29, 1.82) is 5.26 Å². The summed E-state index contributed by atoms with van der Waals surface area (Å²) in [6, 6.07) is 10.2. The molecule has 0 amide bonds. The van der Waals surface area contributed by atoms with Crippen molar-refractivity contribution < 1.29 is 9.53 Å². The summed E-state index contributed by atoms with van der Waals surface area (Å²) in [7, 11) is 0. The van der Waals surface area contributed by atoms with Gasteiger partial charge >= 0.3 is 0 Å². The maximum atomic E-state index is 11.7. The molecule has 2 rings (SSSR count). The van der Waals surface area contributed by atoms with Crippen LogP contribution in [0.25, 0.3) is 0 Å². The van der Waals surface area contributed by atoms with Gasteiger partial charge in [0.1, 0.15) is 11.8 Å². The second kappa shape index (κ2) is 5.67. The van der Waals surface area contributed by atoms with Gasteiger partial charge in [0.05, 0.1) is 10.4 Å². The number of carbonyl (C=O) groups excluding carboxylic acids is 1. The van der Waals surface area contributed by atoms with E-state index in [4.69, 9.17) is 21.6 Å². The average molecular weight is 278 g/mol. The molecule has 3 nitrogen and oxygen atoms in total. The van der Waals surface area contributed by atoms with E-state index >= 15 is 0 Å². The SMILES string of the molecule is N#Cc1ccc(Cl)cc1OCC(=O)c1cccs1. The Kier molecular flexibility index (Phi) is 3.98. The third-order valence-corrected chi connectivity index (χ3v) is 3.36. The zero-order valence-electron chi connectivity index (χ0n) is 9.22. The smallest absolute Gasteiger partial charge is 0.210 e. The zero-order chi connectivity index (χ0) is 13.0. The van der Waals surface area contributed by atoms with Gasteiger partial charge in [0.25, 0.3) is 0 Å².